The summed E-state index contributed by atoms with van der Waals surface area (Å²) in [5.41, 5.74) is 0.805. The number of carbonyl (C=O) groups is 1. The van der Waals surface area contributed by atoms with Gasteiger partial charge in [0.05, 0.1) is 17.1 Å². The van der Waals surface area contributed by atoms with Crippen LogP contribution in [-0.2, 0) is 17.8 Å². The molecule has 0 saturated carbocycles. The predicted octanol–water partition coefficient (Wildman–Crippen LogP) is 2.53. The number of halogens is 2. The molecule has 0 spiro atoms. The fourth-order valence-corrected chi connectivity index (χ4v) is 2.11. The lowest BCUT2D eigenvalue weighted by Gasteiger charge is -2.05. The lowest BCUT2D eigenvalue weighted by molar-refractivity contribution is -0.120. The first-order chi connectivity index (χ1) is 9.63. The van der Waals surface area contributed by atoms with Crippen LogP contribution in [0.4, 0.5) is 4.39 Å². The third-order valence-electron chi connectivity index (χ3n) is 2.77. The van der Waals surface area contributed by atoms with E-state index in [1.807, 2.05) is 10.9 Å². The summed E-state index contributed by atoms with van der Waals surface area (Å²) in [6, 6.07) is 5.96. The SMILES string of the molecule is O=C(Cc1ccc(F)cc1)NCCCn1cc(Br)cn1. The van der Waals surface area contributed by atoms with Crippen molar-refractivity contribution >= 4 is 21.8 Å². The molecular weight excluding hydrogens is 325 g/mol. The molecule has 6 heteroatoms. The van der Waals surface area contributed by atoms with Gasteiger partial charge < -0.3 is 5.32 Å². The summed E-state index contributed by atoms with van der Waals surface area (Å²) in [6.07, 6.45) is 4.70. The summed E-state index contributed by atoms with van der Waals surface area (Å²) in [4.78, 5) is 11.7. The molecule has 0 bridgehead atoms. The van der Waals surface area contributed by atoms with Gasteiger partial charge in [-0.3, -0.25) is 9.48 Å². The number of amides is 1. The van der Waals surface area contributed by atoms with Crippen LogP contribution in [0.1, 0.15) is 12.0 Å². The van der Waals surface area contributed by atoms with Crippen molar-refractivity contribution < 1.29 is 9.18 Å². The van der Waals surface area contributed by atoms with Gasteiger partial charge in [-0.2, -0.15) is 5.10 Å². The summed E-state index contributed by atoms with van der Waals surface area (Å²) in [5, 5.41) is 6.97. The van der Waals surface area contributed by atoms with E-state index in [0.717, 1.165) is 23.0 Å². The van der Waals surface area contributed by atoms with Crippen LogP contribution in [0.2, 0.25) is 0 Å². The molecule has 0 unspecified atom stereocenters. The Balaban J connectivity index is 1.66. The third kappa shape index (κ3) is 4.77. The lowest BCUT2D eigenvalue weighted by Crippen LogP contribution is -2.26. The van der Waals surface area contributed by atoms with Gasteiger partial charge in [0, 0.05) is 19.3 Å². The van der Waals surface area contributed by atoms with Crippen LogP contribution in [0, 0.1) is 5.82 Å². The van der Waals surface area contributed by atoms with E-state index < -0.39 is 0 Å². The molecule has 2 rings (SSSR count). The average molecular weight is 340 g/mol. The van der Waals surface area contributed by atoms with Crippen molar-refractivity contribution in [3.8, 4) is 0 Å². The van der Waals surface area contributed by atoms with Crippen LogP contribution in [0.5, 0.6) is 0 Å². The highest BCUT2D eigenvalue weighted by Gasteiger charge is 2.03. The topological polar surface area (TPSA) is 46.9 Å². The molecule has 4 nitrogen and oxygen atoms in total. The summed E-state index contributed by atoms with van der Waals surface area (Å²) in [7, 11) is 0. The molecule has 0 aliphatic heterocycles. The van der Waals surface area contributed by atoms with E-state index in [1.54, 1.807) is 18.3 Å². The van der Waals surface area contributed by atoms with Crippen molar-refractivity contribution in [1.82, 2.24) is 15.1 Å². The van der Waals surface area contributed by atoms with E-state index in [-0.39, 0.29) is 18.1 Å². The van der Waals surface area contributed by atoms with Gasteiger partial charge in [-0.1, -0.05) is 12.1 Å². The number of aryl methyl sites for hydroxylation is 1. The normalized spacial score (nSPS) is 10.5. The second kappa shape index (κ2) is 7.19. The molecule has 0 aliphatic rings. The number of nitrogens with zero attached hydrogens (tertiary/aromatic N) is 2. The van der Waals surface area contributed by atoms with E-state index in [1.165, 1.54) is 12.1 Å². The molecule has 106 valence electrons. The Morgan fingerprint density at radius 2 is 2.10 bits per heavy atom. The van der Waals surface area contributed by atoms with Crippen molar-refractivity contribution in [2.45, 2.75) is 19.4 Å². The van der Waals surface area contributed by atoms with Crippen LogP contribution in [-0.4, -0.2) is 22.2 Å². The summed E-state index contributed by atoms with van der Waals surface area (Å²) >= 11 is 3.33. The Bertz CT molecular complexity index is 568. The number of carbonyl (C=O) groups excluding carboxylic acids is 1. The van der Waals surface area contributed by atoms with E-state index in [0.29, 0.717) is 6.54 Å². The Morgan fingerprint density at radius 1 is 1.35 bits per heavy atom. The molecule has 0 fully saturated rings. The molecular formula is C14H15BrFN3O. The Kier molecular flexibility index (Phi) is 5.29. The maximum atomic E-state index is 12.7. The molecule has 0 radical (unpaired) electrons. The highest BCUT2D eigenvalue weighted by Crippen LogP contribution is 2.06. The minimum atomic E-state index is -0.292. The minimum absolute atomic E-state index is 0.0572. The summed E-state index contributed by atoms with van der Waals surface area (Å²) in [6.45, 7) is 1.35. The smallest absolute Gasteiger partial charge is 0.224 e. The maximum absolute atomic E-state index is 12.7. The highest BCUT2D eigenvalue weighted by atomic mass is 79.9. The molecule has 0 saturated heterocycles. The Labute approximate surface area is 125 Å². The molecule has 1 heterocycles. The molecule has 2 aromatic rings. The molecule has 1 aromatic heterocycles. The average Bonchev–Trinajstić information content (AvgIpc) is 2.83. The van der Waals surface area contributed by atoms with Crippen molar-refractivity contribution in [1.29, 1.82) is 0 Å². The zero-order valence-corrected chi connectivity index (χ0v) is 12.4. The first-order valence-electron chi connectivity index (χ1n) is 6.32. The van der Waals surface area contributed by atoms with Crippen LogP contribution in [0.3, 0.4) is 0 Å². The van der Waals surface area contributed by atoms with Crippen molar-refractivity contribution in [2.24, 2.45) is 0 Å². The number of aromatic nitrogens is 2. The van der Waals surface area contributed by atoms with E-state index >= 15 is 0 Å². The van der Waals surface area contributed by atoms with Gasteiger partial charge in [0.2, 0.25) is 5.91 Å². The largest absolute Gasteiger partial charge is 0.356 e. The van der Waals surface area contributed by atoms with Crippen LogP contribution >= 0.6 is 15.9 Å². The second-order valence-corrected chi connectivity index (χ2v) is 5.34. The molecule has 1 N–H and O–H groups in total. The van der Waals surface area contributed by atoms with E-state index in [9.17, 15) is 9.18 Å². The lowest BCUT2D eigenvalue weighted by atomic mass is 10.1. The second-order valence-electron chi connectivity index (χ2n) is 4.43. The van der Waals surface area contributed by atoms with Gasteiger partial charge in [0.15, 0.2) is 0 Å². The van der Waals surface area contributed by atoms with Gasteiger partial charge in [0.25, 0.3) is 0 Å². The van der Waals surface area contributed by atoms with Gasteiger partial charge in [-0.05, 0) is 40.0 Å². The standard InChI is InChI=1S/C14H15BrFN3O/c15-12-9-18-19(10-12)7-1-6-17-14(20)8-11-2-4-13(16)5-3-11/h2-5,9-10H,1,6-8H2,(H,17,20). The molecule has 0 atom stereocenters. The minimum Gasteiger partial charge on any atom is -0.356 e. The third-order valence-corrected chi connectivity index (χ3v) is 3.18. The van der Waals surface area contributed by atoms with Crippen LogP contribution in [0.25, 0.3) is 0 Å². The number of hydrogen-bond acceptors (Lipinski definition) is 2. The highest BCUT2D eigenvalue weighted by molar-refractivity contribution is 9.10. The van der Waals surface area contributed by atoms with E-state index in [2.05, 4.69) is 26.3 Å². The van der Waals surface area contributed by atoms with Gasteiger partial charge >= 0.3 is 0 Å². The quantitative estimate of drug-likeness (QED) is 0.822. The van der Waals surface area contributed by atoms with Crippen molar-refractivity contribution in [2.75, 3.05) is 6.54 Å². The fraction of sp³-hybridized carbons (Fsp3) is 0.286. The Morgan fingerprint density at radius 3 is 2.75 bits per heavy atom. The molecule has 20 heavy (non-hydrogen) atoms. The van der Waals surface area contributed by atoms with Crippen molar-refractivity contribution in [3.63, 3.8) is 0 Å². The first-order valence-corrected chi connectivity index (χ1v) is 7.12. The number of rotatable bonds is 6. The predicted molar refractivity (Wildman–Crippen MR) is 77.7 cm³/mol. The maximum Gasteiger partial charge on any atom is 0.224 e. The van der Waals surface area contributed by atoms with Crippen LogP contribution in [0.15, 0.2) is 41.1 Å². The molecule has 0 aliphatic carbocycles. The summed E-state index contributed by atoms with van der Waals surface area (Å²) < 4.78 is 15.5. The van der Waals surface area contributed by atoms with E-state index in [4.69, 9.17) is 0 Å². The molecule has 1 aromatic carbocycles. The van der Waals surface area contributed by atoms with Gasteiger partial charge in [-0.15, -0.1) is 0 Å². The van der Waals surface area contributed by atoms with Crippen molar-refractivity contribution in [3.05, 3.63) is 52.5 Å². The first kappa shape index (κ1) is 14.7. The number of nitrogens with one attached hydrogen (secondary N) is 1. The number of benzene rings is 1. The van der Waals surface area contributed by atoms with Gasteiger partial charge in [0.1, 0.15) is 5.82 Å². The zero-order valence-electron chi connectivity index (χ0n) is 10.9. The summed E-state index contributed by atoms with van der Waals surface area (Å²) in [5.74, 6) is -0.349. The monoisotopic (exact) mass is 339 g/mol. The number of hydrogen-bond donors (Lipinski definition) is 1. The molecule has 1 amide bonds. The zero-order chi connectivity index (χ0) is 14.4. The van der Waals surface area contributed by atoms with Crippen LogP contribution < -0.4 is 5.32 Å². The van der Waals surface area contributed by atoms with Gasteiger partial charge in [-0.25, -0.2) is 4.39 Å². The fourth-order valence-electron chi connectivity index (χ4n) is 1.78. The Hall–Kier alpha value is -1.69.